The molecule has 0 aliphatic rings. The minimum atomic E-state index is -0.206. The van der Waals surface area contributed by atoms with E-state index in [-0.39, 0.29) is 5.56 Å². The first kappa shape index (κ1) is 9.08. The molecule has 1 aromatic heterocycles. The number of benzene rings is 1. The molecule has 0 saturated carbocycles. The number of hydrogen-bond acceptors (Lipinski definition) is 2. The van der Waals surface area contributed by atoms with E-state index < -0.39 is 0 Å². The number of H-pyrrole nitrogens is 1. The summed E-state index contributed by atoms with van der Waals surface area (Å²) in [6.45, 7) is 0. The smallest absolute Gasteiger partial charge is 0.266 e. The number of hydrogen-bond donors (Lipinski definition) is 2. The first-order valence-corrected chi connectivity index (χ1v) is 4.79. The highest BCUT2D eigenvalue weighted by atomic mass is 79.9. The van der Waals surface area contributed by atoms with Crippen LogP contribution in [0.2, 0.25) is 0 Å². The highest BCUT2D eigenvalue weighted by Gasteiger charge is 2.02. The number of rotatable bonds is 1. The quantitative estimate of drug-likeness (QED) is 0.810. The Kier molecular flexibility index (Phi) is 2.17. The van der Waals surface area contributed by atoms with E-state index in [0.717, 1.165) is 10.2 Å². The van der Waals surface area contributed by atoms with Gasteiger partial charge in [-0.15, -0.1) is 0 Å². The van der Waals surface area contributed by atoms with Gasteiger partial charge in [0, 0.05) is 10.5 Å². The number of nitrogens with zero attached hydrogens (tertiary/aromatic N) is 1. The predicted octanol–water partition coefficient (Wildman–Crippen LogP) is 1.51. The van der Waals surface area contributed by atoms with Crippen LogP contribution >= 0.6 is 15.9 Å². The molecule has 0 aliphatic heterocycles. The van der Waals surface area contributed by atoms with Crippen molar-refractivity contribution in [3.63, 3.8) is 0 Å². The van der Waals surface area contributed by atoms with E-state index >= 15 is 0 Å². The summed E-state index contributed by atoms with van der Waals surface area (Å²) in [5.41, 5.74) is 6.25. The van der Waals surface area contributed by atoms with Gasteiger partial charge < -0.3 is 5.73 Å². The number of aromatic amines is 1. The Morgan fingerprint density at radius 3 is 2.71 bits per heavy atom. The second-order valence-electron chi connectivity index (χ2n) is 2.86. The van der Waals surface area contributed by atoms with Crippen molar-refractivity contribution in [1.29, 1.82) is 0 Å². The largest absolute Gasteiger partial charge is 0.384 e. The van der Waals surface area contributed by atoms with Crippen molar-refractivity contribution in [2.45, 2.75) is 0 Å². The van der Waals surface area contributed by atoms with Gasteiger partial charge in [0.15, 0.2) is 0 Å². The Labute approximate surface area is 88.5 Å². The molecular weight excluding hydrogens is 246 g/mol. The van der Waals surface area contributed by atoms with E-state index in [1.165, 1.54) is 10.7 Å². The monoisotopic (exact) mass is 253 g/mol. The third kappa shape index (κ3) is 1.58. The maximum absolute atomic E-state index is 11.0. The normalized spacial score (nSPS) is 10.4. The van der Waals surface area contributed by atoms with Crippen LogP contribution in [0.25, 0.3) is 5.69 Å². The lowest BCUT2D eigenvalue weighted by Gasteiger charge is -2.04. The van der Waals surface area contributed by atoms with Crippen molar-refractivity contribution in [1.82, 2.24) is 9.78 Å². The number of halogens is 1. The van der Waals surface area contributed by atoms with Gasteiger partial charge in [-0.05, 0) is 18.2 Å². The van der Waals surface area contributed by atoms with Crippen LogP contribution < -0.4 is 11.3 Å². The topological polar surface area (TPSA) is 63.8 Å². The van der Waals surface area contributed by atoms with Gasteiger partial charge in [-0.2, -0.15) is 0 Å². The van der Waals surface area contributed by atoms with Gasteiger partial charge in [-0.1, -0.05) is 22.0 Å². The Morgan fingerprint density at radius 1 is 1.36 bits per heavy atom. The molecule has 1 heterocycles. The third-order valence-electron chi connectivity index (χ3n) is 1.83. The van der Waals surface area contributed by atoms with E-state index in [0.29, 0.717) is 5.82 Å². The zero-order valence-corrected chi connectivity index (χ0v) is 8.78. The van der Waals surface area contributed by atoms with Crippen LogP contribution in [0.3, 0.4) is 0 Å². The fraction of sp³-hybridized carbons (Fsp3) is 0. The molecule has 3 N–H and O–H groups in total. The van der Waals surface area contributed by atoms with E-state index in [9.17, 15) is 4.79 Å². The Balaban J connectivity index is 2.59. The zero-order chi connectivity index (χ0) is 10.1. The maximum atomic E-state index is 11.0. The summed E-state index contributed by atoms with van der Waals surface area (Å²) in [5.74, 6) is 0.396. The summed E-state index contributed by atoms with van der Waals surface area (Å²) in [4.78, 5) is 11.0. The molecule has 0 fully saturated rings. The van der Waals surface area contributed by atoms with Gasteiger partial charge in [0.2, 0.25) is 0 Å². The summed E-state index contributed by atoms with van der Waals surface area (Å²) >= 11 is 3.34. The molecular formula is C9H8BrN3O. The van der Waals surface area contributed by atoms with E-state index in [1.807, 2.05) is 24.3 Å². The molecule has 0 spiro atoms. The average Bonchev–Trinajstić information content (AvgIpc) is 2.45. The van der Waals surface area contributed by atoms with Crippen molar-refractivity contribution in [3.05, 3.63) is 45.2 Å². The van der Waals surface area contributed by atoms with Crippen molar-refractivity contribution >= 4 is 21.7 Å². The van der Waals surface area contributed by atoms with Gasteiger partial charge >= 0.3 is 0 Å². The number of nitrogens with two attached hydrogens (primary N) is 1. The van der Waals surface area contributed by atoms with Crippen LogP contribution in [0.1, 0.15) is 0 Å². The molecule has 0 atom stereocenters. The van der Waals surface area contributed by atoms with Gasteiger partial charge in [0.05, 0.1) is 5.69 Å². The molecule has 72 valence electrons. The van der Waals surface area contributed by atoms with Crippen molar-refractivity contribution in [2.24, 2.45) is 0 Å². The van der Waals surface area contributed by atoms with E-state index in [2.05, 4.69) is 21.0 Å². The third-order valence-corrected chi connectivity index (χ3v) is 2.32. The number of anilines is 1. The second-order valence-corrected chi connectivity index (χ2v) is 3.78. The van der Waals surface area contributed by atoms with Crippen molar-refractivity contribution in [2.75, 3.05) is 5.73 Å². The molecule has 2 aromatic rings. The van der Waals surface area contributed by atoms with Gasteiger partial charge in [0.25, 0.3) is 5.56 Å². The van der Waals surface area contributed by atoms with Crippen LogP contribution in [0.5, 0.6) is 0 Å². The Hall–Kier alpha value is -1.49. The molecule has 1 aromatic carbocycles. The molecule has 14 heavy (non-hydrogen) atoms. The van der Waals surface area contributed by atoms with Crippen molar-refractivity contribution < 1.29 is 0 Å². The summed E-state index contributed by atoms with van der Waals surface area (Å²) in [6.07, 6.45) is 0. The number of aromatic nitrogens is 2. The summed E-state index contributed by atoms with van der Waals surface area (Å²) in [6, 6.07) is 8.85. The Morgan fingerprint density at radius 2 is 2.14 bits per heavy atom. The van der Waals surface area contributed by atoms with Crippen LogP contribution in [0, 0.1) is 0 Å². The molecule has 0 bridgehead atoms. The van der Waals surface area contributed by atoms with E-state index in [4.69, 9.17) is 5.73 Å². The second kappa shape index (κ2) is 3.34. The molecule has 2 rings (SSSR count). The lowest BCUT2D eigenvalue weighted by Crippen LogP contribution is -2.04. The minimum Gasteiger partial charge on any atom is -0.384 e. The summed E-state index contributed by atoms with van der Waals surface area (Å²) in [5, 5.41) is 2.60. The van der Waals surface area contributed by atoms with E-state index in [1.54, 1.807) is 0 Å². The lowest BCUT2D eigenvalue weighted by molar-refractivity contribution is 0.873. The Bertz CT molecular complexity index is 515. The molecule has 0 amide bonds. The molecule has 0 aliphatic carbocycles. The predicted molar refractivity (Wildman–Crippen MR) is 58.5 cm³/mol. The van der Waals surface area contributed by atoms with Gasteiger partial charge in [0.1, 0.15) is 5.82 Å². The molecule has 0 unspecified atom stereocenters. The average molecular weight is 254 g/mol. The fourth-order valence-electron chi connectivity index (χ4n) is 1.23. The number of nitrogens with one attached hydrogen (secondary N) is 1. The molecule has 4 nitrogen and oxygen atoms in total. The minimum absolute atomic E-state index is 0.206. The van der Waals surface area contributed by atoms with Crippen molar-refractivity contribution in [3.8, 4) is 5.69 Å². The lowest BCUT2D eigenvalue weighted by atomic mass is 10.3. The van der Waals surface area contributed by atoms with Crippen LogP contribution in [0.4, 0.5) is 5.82 Å². The zero-order valence-electron chi connectivity index (χ0n) is 7.20. The number of nitrogen functional groups attached to an aromatic ring is 1. The van der Waals surface area contributed by atoms with Gasteiger partial charge in [-0.25, -0.2) is 4.68 Å². The molecule has 5 heteroatoms. The van der Waals surface area contributed by atoms with Crippen LogP contribution in [-0.4, -0.2) is 9.78 Å². The first-order valence-electron chi connectivity index (χ1n) is 4.00. The fourth-order valence-corrected chi connectivity index (χ4v) is 1.62. The first-order chi connectivity index (χ1) is 6.66. The molecule has 0 radical (unpaired) electrons. The standard InChI is InChI=1S/C9H8BrN3O/c10-6-2-1-3-7(4-6)13-8(11)5-9(14)12-13/h1-5H,11H2,(H,12,14). The highest BCUT2D eigenvalue weighted by Crippen LogP contribution is 2.16. The van der Waals surface area contributed by atoms with Crippen LogP contribution in [0.15, 0.2) is 39.6 Å². The maximum Gasteiger partial charge on any atom is 0.266 e. The summed E-state index contributed by atoms with van der Waals surface area (Å²) in [7, 11) is 0. The summed E-state index contributed by atoms with van der Waals surface area (Å²) < 4.78 is 2.47. The molecule has 0 saturated heterocycles. The highest BCUT2D eigenvalue weighted by molar-refractivity contribution is 9.10. The van der Waals surface area contributed by atoms with Gasteiger partial charge in [-0.3, -0.25) is 9.89 Å². The SMILES string of the molecule is Nc1cc(=O)[nH]n1-c1cccc(Br)c1. The van der Waals surface area contributed by atoms with Crippen LogP contribution in [-0.2, 0) is 0 Å².